The standard InChI is InChI=1S/C47H60FN3O14/c1-24(2)60-43(57)50-35(34-29(48)14-11-18-49-34)36(54)42(56)61-30-20-47(58)40(64-41(55)27-12-9-8-10-13-27)38-45(7,17-15-31-46(38,23-59-31)65-26(4)53)39-37(33(25(30)3)44(47,5)6)62-32(63-39)21-51-19-16-28(51)22-52/h8-14,18,24,28,30-32,35-40,52,54,58H,15-17,19-23H2,1-7H3,(H,50,57)/t28-,30+,31-,32-,35+,36-,37-,38+,39-,40+,45-,46+,47-/m1/s1. The van der Waals surface area contributed by atoms with E-state index in [1.807, 2.05) is 6.92 Å². The Morgan fingerprint density at radius 2 is 1.78 bits per heavy atom. The summed E-state index contributed by atoms with van der Waals surface area (Å²) in [5.74, 6) is -4.62. The van der Waals surface area contributed by atoms with Crippen molar-refractivity contribution in [3.63, 3.8) is 0 Å². The number of aromatic nitrogens is 1. The molecule has 2 aromatic rings. The molecule has 2 bridgehead atoms. The lowest BCUT2D eigenvalue weighted by Gasteiger charge is -2.68. The van der Waals surface area contributed by atoms with Gasteiger partial charge in [-0.1, -0.05) is 39.0 Å². The largest absolute Gasteiger partial charge is 0.456 e. The Balaban J connectivity index is 1.27. The van der Waals surface area contributed by atoms with Crippen LogP contribution >= 0.6 is 0 Å². The Morgan fingerprint density at radius 3 is 2.40 bits per heavy atom. The molecule has 1 amide bonds. The van der Waals surface area contributed by atoms with Crippen LogP contribution in [-0.4, -0.2) is 142 Å². The van der Waals surface area contributed by atoms with Crippen molar-refractivity contribution in [2.24, 2.45) is 16.7 Å². The number of esters is 3. The molecule has 4 N–H and O–H groups in total. The molecule has 6 aliphatic rings. The Kier molecular flexibility index (Phi) is 12.7. The minimum Gasteiger partial charge on any atom is -0.456 e. The summed E-state index contributed by atoms with van der Waals surface area (Å²) in [4.78, 5) is 61.0. The topological polar surface area (TPSA) is 222 Å². The molecule has 17 nitrogen and oxygen atoms in total. The Hall–Kier alpha value is -4.56. The molecule has 65 heavy (non-hydrogen) atoms. The van der Waals surface area contributed by atoms with Crippen LogP contribution in [0.15, 0.2) is 59.8 Å². The van der Waals surface area contributed by atoms with E-state index in [1.54, 1.807) is 65.0 Å². The van der Waals surface area contributed by atoms with Crippen molar-refractivity contribution in [1.82, 2.24) is 15.2 Å². The third kappa shape index (κ3) is 8.01. The van der Waals surface area contributed by atoms with Crippen LogP contribution in [0.1, 0.15) is 96.2 Å². The smallest absolute Gasteiger partial charge is 0.408 e. The van der Waals surface area contributed by atoms with Gasteiger partial charge in [-0.25, -0.2) is 18.8 Å². The van der Waals surface area contributed by atoms with Gasteiger partial charge in [0.2, 0.25) is 0 Å². The van der Waals surface area contributed by atoms with Crippen molar-refractivity contribution in [2.45, 2.75) is 146 Å². The van der Waals surface area contributed by atoms with Crippen LogP contribution in [-0.2, 0) is 42.7 Å². The van der Waals surface area contributed by atoms with Crippen LogP contribution in [0.4, 0.5) is 9.18 Å². The fourth-order valence-electron chi connectivity index (χ4n) is 11.5. The van der Waals surface area contributed by atoms with Crippen molar-refractivity contribution in [1.29, 1.82) is 0 Å². The summed E-state index contributed by atoms with van der Waals surface area (Å²) in [7, 11) is 0. The van der Waals surface area contributed by atoms with Crippen LogP contribution in [0.5, 0.6) is 0 Å². The summed E-state index contributed by atoms with van der Waals surface area (Å²) in [5, 5.41) is 38.1. The van der Waals surface area contributed by atoms with E-state index in [1.165, 1.54) is 19.2 Å². The molecule has 8 rings (SSSR count). The second-order valence-corrected chi connectivity index (χ2v) is 19.4. The van der Waals surface area contributed by atoms with E-state index in [0.29, 0.717) is 37.1 Å². The van der Waals surface area contributed by atoms with E-state index in [4.69, 9.17) is 33.2 Å². The van der Waals surface area contributed by atoms with Gasteiger partial charge in [0.15, 0.2) is 18.0 Å². The summed E-state index contributed by atoms with van der Waals surface area (Å²) in [6.45, 7) is 12.6. The number of alkyl carbamates (subject to hydrolysis) is 1. The molecule has 354 valence electrons. The Bertz CT molecular complexity index is 2190. The number of nitrogens with zero attached hydrogens (tertiary/aromatic N) is 2. The number of nitrogens with one attached hydrogen (secondary N) is 1. The average Bonchev–Trinajstić information content (AvgIpc) is 3.65. The van der Waals surface area contributed by atoms with Crippen molar-refractivity contribution >= 4 is 24.0 Å². The first kappa shape index (κ1) is 47.0. The molecule has 3 saturated heterocycles. The van der Waals surface area contributed by atoms with Crippen molar-refractivity contribution < 1.29 is 72.0 Å². The minimum absolute atomic E-state index is 0.0500. The maximum atomic E-state index is 15.3. The summed E-state index contributed by atoms with van der Waals surface area (Å²) in [5.41, 5.74) is -5.33. The van der Waals surface area contributed by atoms with Gasteiger partial charge in [0, 0.05) is 49.5 Å². The van der Waals surface area contributed by atoms with Crippen molar-refractivity contribution in [2.75, 3.05) is 26.3 Å². The fourth-order valence-corrected chi connectivity index (χ4v) is 11.5. The van der Waals surface area contributed by atoms with Gasteiger partial charge in [-0.05, 0) is 75.4 Å². The van der Waals surface area contributed by atoms with Gasteiger partial charge < -0.3 is 53.8 Å². The van der Waals surface area contributed by atoms with Crippen LogP contribution in [0, 0.1) is 22.6 Å². The SMILES string of the molecule is CC(=O)O[C@@]12CO[C@@H]1CC[C@@]1(C)[C@@H]3O[C@H](CN4CC[C@@H]4CO)O[C@@H]3C3=C(C)[C@@H](OC(=O)[C@H](O)[C@@H](NC(=O)OC(C)C)c4ncccc4F)C[C@@](O)([C@@H](OC(=O)c4ccccc4)[C@@H]12)C3(C)C. The maximum Gasteiger partial charge on any atom is 0.408 e. The number of fused-ring (bicyclic) bond motifs is 8. The van der Waals surface area contributed by atoms with Crippen LogP contribution in [0.25, 0.3) is 0 Å². The summed E-state index contributed by atoms with van der Waals surface area (Å²) >= 11 is 0. The Morgan fingerprint density at radius 1 is 1.05 bits per heavy atom. The third-order valence-corrected chi connectivity index (χ3v) is 14.9. The number of halogens is 1. The number of rotatable bonds is 12. The lowest BCUT2D eigenvalue weighted by Crippen LogP contribution is -2.79. The number of hydrogen-bond donors (Lipinski definition) is 4. The second-order valence-electron chi connectivity index (χ2n) is 19.4. The van der Waals surface area contributed by atoms with Gasteiger partial charge in [-0.3, -0.25) is 14.7 Å². The first-order valence-corrected chi connectivity index (χ1v) is 22.4. The van der Waals surface area contributed by atoms with Gasteiger partial charge in [0.1, 0.15) is 47.6 Å². The van der Waals surface area contributed by atoms with Crippen LogP contribution in [0.3, 0.4) is 0 Å². The van der Waals surface area contributed by atoms with Gasteiger partial charge in [-0.2, -0.15) is 0 Å². The quantitative estimate of drug-likeness (QED) is 0.136. The summed E-state index contributed by atoms with van der Waals surface area (Å²) in [6.07, 6.45) is -7.55. The maximum absolute atomic E-state index is 15.3. The number of amides is 1. The predicted octanol–water partition coefficient (Wildman–Crippen LogP) is 3.68. The molecule has 5 fully saturated rings. The van der Waals surface area contributed by atoms with Crippen LogP contribution < -0.4 is 5.32 Å². The molecule has 1 aromatic carbocycles. The van der Waals surface area contributed by atoms with Gasteiger partial charge in [0.25, 0.3) is 0 Å². The molecule has 3 aliphatic carbocycles. The fraction of sp³-hybridized carbons (Fsp3) is 0.638. The molecular weight excluding hydrogens is 850 g/mol. The van der Waals surface area contributed by atoms with Crippen molar-refractivity contribution in [3.8, 4) is 0 Å². The number of likely N-dealkylation sites (tertiary alicyclic amines) is 1. The highest BCUT2D eigenvalue weighted by Gasteiger charge is 2.77. The molecule has 13 atom stereocenters. The number of ether oxygens (including phenoxy) is 7. The number of aliphatic hydroxyl groups is 3. The molecule has 0 unspecified atom stereocenters. The highest BCUT2D eigenvalue weighted by molar-refractivity contribution is 5.89. The molecule has 18 heteroatoms. The van der Waals surface area contributed by atoms with Gasteiger partial charge in [0.05, 0.1) is 36.9 Å². The van der Waals surface area contributed by atoms with E-state index in [-0.39, 0.29) is 24.8 Å². The van der Waals surface area contributed by atoms with Gasteiger partial charge >= 0.3 is 24.0 Å². The summed E-state index contributed by atoms with van der Waals surface area (Å²) in [6, 6.07) is 8.75. The molecule has 3 aliphatic heterocycles. The number of aliphatic hydroxyl groups excluding tert-OH is 2. The zero-order valence-electron chi connectivity index (χ0n) is 37.7. The van der Waals surface area contributed by atoms with E-state index in [9.17, 15) is 34.5 Å². The zero-order valence-corrected chi connectivity index (χ0v) is 37.7. The highest BCUT2D eigenvalue weighted by atomic mass is 19.1. The van der Waals surface area contributed by atoms with E-state index < -0.39 is 125 Å². The average molecular weight is 910 g/mol. The molecule has 4 heterocycles. The molecule has 1 aromatic heterocycles. The number of carbonyl (C=O) groups excluding carboxylic acids is 4. The molecular formula is C47H60FN3O14. The van der Waals surface area contributed by atoms with E-state index in [2.05, 4.69) is 15.2 Å². The van der Waals surface area contributed by atoms with Crippen molar-refractivity contribution in [3.05, 3.63) is 76.9 Å². The molecule has 2 saturated carbocycles. The van der Waals surface area contributed by atoms with Crippen LogP contribution in [0.2, 0.25) is 0 Å². The summed E-state index contributed by atoms with van der Waals surface area (Å²) < 4.78 is 59.8. The molecule has 0 radical (unpaired) electrons. The van der Waals surface area contributed by atoms with E-state index in [0.717, 1.165) is 12.5 Å². The predicted molar refractivity (Wildman–Crippen MR) is 225 cm³/mol. The Labute approximate surface area is 376 Å². The first-order valence-electron chi connectivity index (χ1n) is 22.4. The normalized spacial score (nSPS) is 35.6. The highest BCUT2D eigenvalue weighted by Crippen LogP contribution is 2.66. The minimum atomic E-state index is -2.25. The third-order valence-electron chi connectivity index (χ3n) is 14.9. The monoisotopic (exact) mass is 909 g/mol. The first-order chi connectivity index (χ1) is 30.7. The lowest BCUT2D eigenvalue weighted by molar-refractivity contribution is -0.345. The number of carbonyl (C=O) groups is 4. The lowest BCUT2D eigenvalue weighted by atomic mass is 9.45. The number of pyridine rings is 1. The number of hydrogen-bond acceptors (Lipinski definition) is 16. The van der Waals surface area contributed by atoms with Gasteiger partial charge in [-0.15, -0.1) is 0 Å². The zero-order chi connectivity index (χ0) is 46.8. The molecule has 0 spiro atoms. The van der Waals surface area contributed by atoms with E-state index >= 15 is 4.39 Å². The number of benzene rings is 1. The second kappa shape index (κ2) is 17.6.